The summed E-state index contributed by atoms with van der Waals surface area (Å²) in [5.74, 6) is -1.15. The molecule has 2 aromatic carbocycles. The lowest BCUT2D eigenvalue weighted by Crippen LogP contribution is -2.11. The minimum Gasteiger partial charge on any atom is -0.449 e. The van der Waals surface area contributed by atoms with Gasteiger partial charge in [0.05, 0.1) is 5.56 Å². The van der Waals surface area contributed by atoms with Crippen LogP contribution in [0.5, 0.6) is 0 Å². The van der Waals surface area contributed by atoms with Crippen LogP contribution >= 0.6 is 11.6 Å². The standard InChI is InChI=1S/C18H14ClFN2O3/c1-10-3-5-12(6-4-10)17-22-21-16(25-17)11(2)24-18(23)14-9-13(19)7-8-15(14)20/h3-9,11H,1-2H3. The molecule has 0 bridgehead atoms. The Hall–Kier alpha value is -2.73. The number of rotatable bonds is 4. The van der Waals surface area contributed by atoms with E-state index in [1.54, 1.807) is 6.92 Å². The molecule has 128 valence electrons. The first-order valence-electron chi connectivity index (χ1n) is 7.50. The molecular weight excluding hydrogens is 347 g/mol. The zero-order valence-electron chi connectivity index (χ0n) is 13.5. The minimum absolute atomic E-state index is 0.117. The number of carbonyl (C=O) groups excluding carboxylic acids is 1. The van der Waals surface area contributed by atoms with E-state index in [-0.39, 0.29) is 16.5 Å². The molecule has 25 heavy (non-hydrogen) atoms. The van der Waals surface area contributed by atoms with Crippen LogP contribution < -0.4 is 0 Å². The quantitative estimate of drug-likeness (QED) is 0.628. The van der Waals surface area contributed by atoms with Gasteiger partial charge in [-0.15, -0.1) is 10.2 Å². The predicted molar refractivity (Wildman–Crippen MR) is 89.7 cm³/mol. The molecule has 0 fully saturated rings. The molecule has 1 atom stereocenters. The highest BCUT2D eigenvalue weighted by molar-refractivity contribution is 6.30. The summed E-state index contributed by atoms with van der Waals surface area (Å²) in [7, 11) is 0. The van der Waals surface area contributed by atoms with Crippen LogP contribution in [0, 0.1) is 12.7 Å². The fourth-order valence-electron chi connectivity index (χ4n) is 2.14. The van der Waals surface area contributed by atoms with E-state index in [1.165, 1.54) is 12.1 Å². The summed E-state index contributed by atoms with van der Waals surface area (Å²) in [6, 6.07) is 11.2. The molecule has 0 spiro atoms. The summed E-state index contributed by atoms with van der Waals surface area (Å²) in [4.78, 5) is 12.1. The van der Waals surface area contributed by atoms with E-state index in [1.807, 2.05) is 31.2 Å². The Morgan fingerprint density at radius 3 is 2.64 bits per heavy atom. The molecule has 5 nitrogen and oxygen atoms in total. The Bertz CT molecular complexity index is 909. The number of hydrogen-bond donors (Lipinski definition) is 0. The molecule has 0 radical (unpaired) electrons. The van der Waals surface area contributed by atoms with Gasteiger partial charge in [0.2, 0.25) is 5.89 Å². The topological polar surface area (TPSA) is 65.2 Å². The minimum atomic E-state index is -0.859. The summed E-state index contributed by atoms with van der Waals surface area (Å²) >= 11 is 5.78. The number of aryl methyl sites for hydroxylation is 1. The molecule has 0 aliphatic rings. The Morgan fingerprint density at radius 1 is 1.20 bits per heavy atom. The first kappa shape index (κ1) is 17.1. The smallest absolute Gasteiger partial charge is 0.341 e. The predicted octanol–water partition coefficient (Wildman–Crippen LogP) is 4.76. The van der Waals surface area contributed by atoms with Crippen molar-refractivity contribution >= 4 is 17.6 Å². The van der Waals surface area contributed by atoms with Gasteiger partial charge in [0.15, 0.2) is 6.10 Å². The maximum absolute atomic E-state index is 13.7. The molecule has 0 aliphatic heterocycles. The van der Waals surface area contributed by atoms with Crippen LogP contribution in [0.25, 0.3) is 11.5 Å². The molecular formula is C18H14ClFN2O3. The molecule has 0 N–H and O–H groups in total. The second-order valence-electron chi connectivity index (χ2n) is 5.48. The van der Waals surface area contributed by atoms with E-state index in [2.05, 4.69) is 10.2 Å². The zero-order valence-corrected chi connectivity index (χ0v) is 14.2. The highest BCUT2D eigenvalue weighted by Crippen LogP contribution is 2.24. The monoisotopic (exact) mass is 360 g/mol. The molecule has 0 saturated heterocycles. The summed E-state index contributed by atoms with van der Waals surface area (Å²) in [6.45, 7) is 3.53. The SMILES string of the molecule is Cc1ccc(-c2nnc(C(C)OC(=O)c3cc(Cl)ccc3F)o2)cc1. The lowest BCUT2D eigenvalue weighted by atomic mass is 10.1. The number of nitrogens with zero attached hydrogens (tertiary/aromatic N) is 2. The Labute approximate surface area is 148 Å². The number of halogens is 2. The molecule has 7 heteroatoms. The summed E-state index contributed by atoms with van der Waals surface area (Å²) in [5.41, 5.74) is 1.61. The van der Waals surface area contributed by atoms with Crippen LogP contribution in [-0.4, -0.2) is 16.2 Å². The average Bonchev–Trinajstić information content (AvgIpc) is 3.07. The fourth-order valence-corrected chi connectivity index (χ4v) is 2.31. The van der Waals surface area contributed by atoms with Crippen LogP contribution in [0.1, 0.15) is 34.8 Å². The van der Waals surface area contributed by atoms with E-state index in [9.17, 15) is 9.18 Å². The fraction of sp³-hybridized carbons (Fsp3) is 0.167. The molecule has 0 saturated carbocycles. The number of ether oxygens (including phenoxy) is 1. The van der Waals surface area contributed by atoms with Gasteiger partial charge in [-0.1, -0.05) is 29.3 Å². The third-order valence-corrected chi connectivity index (χ3v) is 3.75. The van der Waals surface area contributed by atoms with Gasteiger partial charge < -0.3 is 9.15 Å². The second kappa shape index (κ2) is 7.03. The van der Waals surface area contributed by atoms with Crippen LogP contribution in [0.2, 0.25) is 5.02 Å². The molecule has 1 unspecified atom stereocenters. The largest absolute Gasteiger partial charge is 0.449 e. The van der Waals surface area contributed by atoms with E-state index < -0.39 is 17.9 Å². The van der Waals surface area contributed by atoms with Gasteiger partial charge in [-0.2, -0.15) is 0 Å². The third-order valence-electron chi connectivity index (χ3n) is 3.52. The van der Waals surface area contributed by atoms with E-state index in [0.717, 1.165) is 17.2 Å². The molecule has 1 heterocycles. The Morgan fingerprint density at radius 2 is 1.92 bits per heavy atom. The van der Waals surface area contributed by atoms with E-state index in [4.69, 9.17) is 20.8 Å². The van der Waals surface area contributed by atoms with Crippen LogP contribution in [0.3, 0.4) is 0 Å². The number of carbonyl (C=O) groups is 1. The van der Waals surface area contributed by atoms with Crippen molar-refractivity contribution in [2.75, 3.05) is 0 Å². The zero-order chi connectivity index (χ0) is 18.0. The molecule has 0 amide bonds. The lowest BCUT2D eigenvalue weighted by Gasteiger charge is -2.10. The summed E-state index contributed by atoms with van der Waals surface area (Å²) in [6.07, 6.45) is -0.836. The highest BCUT2D eigenvalue weighted by atomic mass is 35.5. The summed E-state index contributed by atoms with van der Waals surface area (Å²) in [5, 5.41) is 8.07. The second-order valence-corrected chi connectivity index (χ2v) is 5.92. The van der Waals surface area contributed by atoms with Gasteiger partial charge in [-0.05, 0) is 44.2 Å². The highest BCUT2D eigenvalue weighted by Gasteiger charge is 2.22. The third kappa shape index (κ3) is 3.85. The van der Waals surface area contributed by atoms with Gasteiger partial charge in [0, 0.05) is 10.6 Å². The first-order valence-corrected chi connectivity index (χ1v) is 7.88. The Kier molecular flexibility index (Phi) is 4.81. The maximum Gasteiger partial charge on any atom is 0.341 e. The van der Waals surface area contributed by atoms with Gasteiger partial charge >= 0.3 is 5.97 Å². The number of aromatic nitrogens is 2. The van der Waals surface area contributed by atoms with Gasteiger partial charge in [-0.25, -0.2) is 9.18 Å². The summed E-state index contributed by atoms with van der Waals surface area (Å²) < 4.78 is 24.5. The number of esters is 1. The van der Waals surface area contributed by atoms with E-state index in [0.29, 0.717) is 5.89 Å². The van der Waals surface area contributed by atoms with Crippen molar-refractivity contribution in [1.82, 2.24) is 10.2 Å². The average molecular weight is 361 g/mol. The van der Waals surface area contributed by atoms with Crippen LogP contribution in [-0.2, 0) is 4.74 Å². The van der Waals surface area contributed by atoms with Crippen LogP contribution in [0.15, 0.2) is 46.9 Å². The maximum atomic E-state index is 13.7. The molecule has 1 aromatic heterocycles. The van der Waals surface area contributed by atoms with Crippen molar-refractivity contribution in [1.29, 1.82) is 0 Å². The van der Waals surface area contributed by atoms with Crippen molar-refractivity contribution in [3.63, 3.8) is 0 Å². The molecule has 3 aromatic rings. The first-order chi connectivity index (χ1) is 11.9. The lowest BCUT2D eigenvalue weighted by molar-refractivity contribution is 0.0274. The van der Waals surface area contributed by atoms with Gasteiger partial charge in [0.1, 0.15) is 5.82 Å². The normalized spacial score (nSPS) is 12.0. The van der Waals surface area contributed by atoms with Gasteiger partial charge in [-0.3, -0.25) is 0 Å². The number of hydrogen-bond acceptors (Lipinski definition) is 5. The molecule has 0 aliphatic carbocycles. The van der Waals surface area contributed by atoms with Crippen molar-refractivity contribution in [2.45, 2.75) is 20.0 Å². The van der Waals surface area contributed by atoms with Gasteiger partial charge in [0.25, 0.3) is 5.89 Å². The molecule has 3 rings (SSSR count). The number of benzene rings is 2. The van der Waals surface area contributed by atoms with E-state index >= 15 is 0 Å². The van der Waals surface area contributed by atoms with Crippen LogP contribution in [0.4, 0.5) is 4.39 Å². The van der Waals surface area contributed by atoms with Crippen molar-refractivity contribution in [2.24, 2.45) is 0 Å². The van der Waals surface area contributed by atoms with Crippen molar-refractivity contribution in [3.8, 4) is 11.5 Å². The van der Waals surface area contributed by atoms with Crippen molar-refractivity contribution < 1.29 is 18.3 Å². The Balaban J connectivity index is 1.75. The van der Waals surface area contributed by atoms with Crippen molar-refractivity contribution in [3.05, 3.63) is 70.3 Å².